The lowest BCUT2D eigenvalue weighted by atomic mass is 10.3. The molecule has 0 saturated heterocycles. The molecule has 0 fully saturated rings. The molecule has 0 amide bonds. The lowest BCUT2D eigenvalue weighted by Crippen LogP contribution is -2.15. The number of nitrogens with two attached hydrogens (primary N) is 1. The number of thioether (sulfide) groups is 1. The highest BCUT2D eigenvalue weighted by molar-refractivity contribution is 9.10. The van der Waals surface area contributed by atoms with Crippen LogP contribution in [0.1, 0.15) is 13.8 Å². The monoisotopic (exact) mass is 275 g/mol. The molecule has 0 bridgehead atoms. The first-order valence-electron chi connectivity index (χ1n) is 4.40. The van der Waals surface area contributed by atoms with Crippen LogP contribution in [0.4, 0.5) is 5.69 Å². The summed E-state index contributed by atoms with van der Waals surface area (Å²) in [5.41, 5.74) is 6.57. The molecule has 0 spiro atoms. The van der Waals surface area contributed by atoms with Crippen LogP contribution < -0.4 is 5.73 Å². The van der Waals surface area contributed by atoms with Crippen LogP contribution in [0.5, 0.6) is 0 Å². The van der Waals surface area contributed by atoms with Crippen LogP contribution in [0.15, 0.2) is 27.6 Å². The highest BCUT2D eigenvalue weighted by Crippen LogP contribution is 2.32. The first kappa shape index (κ1) is 11.9. The van der Waals surface area contributed by atoms with Crippen molar-refractivity contribution in [2.45, 2.75) is 30.1 Å². The van der Waals surface area contributed by atoms with E-state index in [1.165, 1.54) is 0 Å². The quantitative estimate of drug-likeness (QED) is 0.659. The van der Waals surface area contributed by atoms with Gasteiger partial charge in [0.05, 0.1) is 6.10 Å². The van der Waals surface area contributed by atoms with Crippen molar-refractivity contribution in [1.82, 2.24) is 0 Å². The molecule has 0 heterocycles. The second-order valence-corrected chi connectivity index (χ2v) is 5.58. The minimum absolute atomic E-state index is 0.145. The summed E-state index contributed by atoms with van der Waals surface area (Å²) in [5, 5.41) is 9.51. The molecule has 0 aliphatic carbocycles. The van der Waals surface area contributed by atoms with Crippen LogP contribution in [0.2, 0.25) is 0 Å². The van der Waals surface area contributed by atoms with Crippen molar-refractivity contribution in [3.8, 4) is 0 Å². The number of aliphatic hydroxyl groups excluding tert-OH is 1. The summed E-state index contributed by atoms with van der Waals surface area (Å²) in [4.78, 5) is 1.01. The Kier molecular flexibility index (Phi) is 4.29. The number of nitrogen functional groups attached to an aromatic ring is 1. The molecule has 2 nitrogen and oxygen atoms in total. The summed E-state index contributed by atoms with van der Waals surface area (Å²) < 4.78 is 1.01. The van der Waals surface area contributed by atoms with Gasteiger partial charge in [-0.15, -0.1) is 11.8 Å². The Balaban J connectivity index is 2.80. The van der Waals surface area contributed by atoms with E-state index in [-0.39, 0.29) is 11.4 Å². The van der Waals surface area contributed by atoms with Crippen molar-refractivity contribution in [3.05, 3.63) is 22.7 Å². The van der Waals surface area contributed by atoms with Gasteiger partial charge in [-0.25, -0.2) is 0 Å². The molecule has 0 saturated carbocycles. The maximum Gasteiger partial charge on any atom is 0.0631 e. The summed E-state index contributed by atoms with van der Waals surface area (Å²) in [7, 11) is 0. The second-order valence-electron chi connectivity index (χ2n) is 3.25. The van der Waals surface area contributed by atoms with Gasteiger partial charge in [-0.05, 0) is 25.1 Å². The number of hydrogen-bond donors (Lipinski definition) is 2. The topological polar surface area (TPSA) is 46.2 Å². The third-order valence-corrected chi connectivity index (χ3v) is 3.83. The van der Waals surface area contributed by atoms with E-state index in [9.17, 15) is 5.11 Å². The minimum atomic E-state index is -0.335. The Morgan fingerprint density at radius 2 is 2.07 bits per heavy atom. The van der Waals surface area contributed by atoms with E-state index in [2.05, 4.69) is 15.9 Å². The predicted molar refractivity (Wildman–Crippen MR) is 65.6 cm³/mol. The largest absolute Gasteiger partial charge is 0.398 e. The van der Waals surface area contributed by atoms with Gasteiger partial charge in [-0.1, -0.05) is 22.9 Å². The summed E-state index contributed by atoms with van der Waals surface area (Å²) in [6.45, 7) is 3.77. The van der Waals surface area contributed by atoms with E-state index >= 15 is 0 Å². The number of halogens is 1. The number of rotatable bonds is 3. The SMILES string of the molecule is CC(O)C(C)Sc1cc(Br)ccc1N. The number of aliphatic hydroxyl groups is 1. The first-order valence-corrected chi connectivity index (χ1v) is 6.07. The normalized spacial score (nSPS) is 15.1. The third kappa shape index (κ3) is 3.19. The molecular weight excluding hydrogens is 262 g/mol. The van der Waals surface area contributed by atoms with E-state index < -0.39 is 0 Å². The van der Waals surface area contributed by atoms with E-state index in [1.807, 2.05) is 25.1 Å². The molecule has 1 aromatic carbocycles. The maximum atomic E-state index is 9.37. The van der Waals surface area contributed by atoms with Gasteiger partial charge in [0.25, 0.3) is 0 Å². The Morgan fingerprint density at radius 1 is 1.43 bits per heavy atom. The zero-order chi connectivity index (χ0) is 10.7. The minimum Gasteiger partial charge on any atom is -0.398 e. The molecule has 78 valence electrons. The molecule has 2 atom stereocenters. The van der Waals surface area contributed by atoms with Crippen LogP contribution in [-0.4, -0.2) is 16.5 Å². The molecule has 1 rings (SSSR count). The fourth-order valence-corrected chi connectivity index (χ4v) is 2.42. The molecule has 0 radical (unpaired) electrons. The lowest BCUT2D eigenvalue weighted by molar-refractivity contribution is 0.196. The average Bonchev–Trinajstić information content (AvgIpc) is 2.11. The van der Waals surface area contributed by atoms with Crippen LogP contribution in [0.3, 0.4) is 0 Å². The van der Waals surface area contributed by atoms with Crippen molar-refractivity contribution in [2.24, 2.45) is 0 Å². The Bertz CT molecular complexity index is 317. The van der Waals surface area contributed by atoms with Gasteiger partial charge in [0, 0.05) is 20.3 Å². The fourth-order valence-electron chi connectivity index (χ4n) is 0.909. The van der Waals surface area contributed by atoms with Crippen molar-refractivity contribution in [3.63, 3.8) is 0 Å². The summed E-state index contributed by atoms with van der Waals surface area (Å²) in [6, 6.07) is 5.74. The average molecular weight is 276 g/mol. The zero-order valence-electron chi connectivity index (χ0n) is 8.20. The Labute approximate surface area is 97.0 Å². The van der Waals surface area contributed by atoms with Crippen molar-refractivity contribution >= 4 is 33.4 Å². The van der Waals surface area contributed by atoms with Gasteiger partial charge in [0.1, 0.15) is 0 Å². The highest BCUT2D eigenvalue weighted by atomic mass is 79.9. The summed E-state index contributed by atoms with van der Waals surface area (Å²) in [6.07, 6.45) is -0.335. The predicted octanol–water partition coefficient (Wildman–Crippen LogP) is 2.89. The maximum absolute atomic E-state index is 9.37. The standard InChI is InChI=1S/C10H14BrNOS/c1-6(13)7(2)14-10-5-8(11)3-4-9(10)12/h3-7,13H,12H2,1-2H3. The molecule has 0 aliphatic rings. The second kappa shape index (κ2) is 5.05. The third-order valence-electron chi connectivity index (χ3n) is 1.97. The Hall–Kier alpha value is -0.190. The summed E-state index contributed by atoms with van der Waals surface area (Å²) >= 11 is 4.98. The molecule has 2 unspecified atom stereocenters. The number of anilines is 1. The van der Waals surface area contributed by atoms with Gasteiger partial charge in [0.2, 0.25) is 0 Å². The van der Waals surface area contributed by atoms with Crippen molar-refractivity contribution in [2.75, 3.05) is 5.73 Å². The van der Waals surface area contributed by atoms with Crippen LogP contribution >= 0.6 is 27.7 Å². The van der Waals surface area contributed by atoms with Gasteiger partial charge < -0.3 is 10.8 Å². The number of hydrogen-bond acceptors (Lipinski definition) is 3. The van der Waals surface area contributed by atoms with Gasteiger partial charge in [-0.2, -0.15) is 0 Å². The van der Waals surface area contributed by atoms with E-state index in [4.69, 9.17) is 5.73 Å². The summed E-state index contributed by atoms with van der Waals surface area (Å²) in [5.74, 6) is 0. The molecule has 4 heteroatoms. The highest BCUT2D eigenvalue weighted by Gasteiger charge is 2.12. The number of benzene rings is 1. The van der Waals surface area contributed by atoms with Crippen LogP contribution in [-0.2, 0) is 0 Å². The smallest absolute Gasteiger partial charge is 0.0631 e. The van der Waals surface area contributed by atoms with E-state index in [0.29, 0.717) is 0 Å². The van der Waals surface area contributed by atoms with Gasteiger partial charge in [-0.3, -0.25) is 0 Å². The molecule has 1 aromatic rings. The van der Waals surface area contributed by atoms with Gasteiger partial charge in [0.15, 0.2) is 0 Å². The van der Waals surface area contributed by atoms with Crippen molar-refractivity contribution < 1.29 is 5.11 Å². The molecule has 14 heavy (non-hydrogen) atoms. The van der Waals surface area contributed by atoms with Crippen LogP contribution in [0, 0.1) is 0 Å². The lowest BCUT2D eigenvalue weighted by Gasteiger charge is -2.15. The zero-order valence-corrected chi connectivity index (χ0v) is 10.6. The first-order chi connectivity index (χ1) is 6.50. The molecular formula is C10H14BrNOS. The van der Waals surface area contributed by atoms with Crippen molar-refractivity contribution in [1.29, 1.82) is 0 Å². The molecule has 0 aromatic heterocycles. The fraction of sp³-hybridized carbons (Fsp3) is 0.400. The van der Waals surface area contributed by atoms with Gasteiger partial charge >= 0.3 is 0 Å². The van der Waals surface area contributed by atoms with E-state index in [0.717, 1.165) is 15.1 Å². The molecule has 3 N–H and O–H groups in total. The van der Waals surface area contributed by atoms with Crippen LogP contribution in [0.25, 0.3) is 0 Å². The Morgan fingerprint density at radius 3 is 2.64 bits per heavy atom. The molecule has 0 aliphatic heterocycles. The van der Waals surface area contributed by atoms with E-state index in [1.54, 1.807) is 18.7 Å².